The van der Waals surface area contributed by atoms with Gasteiger partial charge in [-0.1, -0.05) is 35.1 Å². The van der Waals surface area contributed by atoms with Gasteiger partial charge in [0.1, 0.15) is 6.54 Å². The zero-order valence-corrected chi connectivity index (χ0v) is 19.3. The van der Waals surface area contributed by atoms with Crippen molar-refractivity contribution in [1.82, 2.24) is 9.88 Å². The molecular formula is C22H19ClN4O3S2. The standard InChI is InChI=1S/C22H19ClN4O3S2/c23-13-7-8-14-17(11-13)32-22(24-14)25-18(28)12-27-15-5-1-2-6-16(15)31-19(21(27)30)20(29)26-9-3-4-10-26/h1-2,5-8,11,19H,3-4,9-10,12H2,(H,24,25,28)/t19-/m1/s1. The molecule has 0 aliphatic carbocycles. The highest BCUT2D eigenvalue weighted by atomic mass is 35.5. The number of halogens is 1. The van der Waals surface area contributed by atoms with Gasteiger partial charge in [-0.3, -0.25) is 14.4 Å². The topological polar surface area (TPSA) is 82.6 Å². The Hall–Kier alpha value is -2.62. The van der Waals surface area contributed by atoms with Gasteiger partial charge in [0.15, 0.2) is 10.4 Å². The Morgan fingerprint density at radius 2 is 1.94 bits per heavy atom. The smallest absolute Gasteiger partial charge is 0.250 e. The molecule has 0 saturated carbocycles. The maximum absolute atomic E-state index is 13.3. The number of thioether (sulfide) groups is 1. The molecule has 2 aliphatic heterocycles. The molecule has 10 heteroatoms. The second kappa shape index (κ2) is 8.73. The van der Waals surface area contributed by atoms with E-state index in [2.05, 4.69) is 10.3 Å². The first kappa shape index (κ1) is 21.2. The predicted molar refractivity (Wildman–Crippen MR) is 128 cm³/mol. The zero-order valence-electron chi connectivity index (χ0n) is 16.9. The molecule has 3 heterocycles. The molecule has 7 nitrogen and oxygen atoms in total. The molecule has 1 aromatic heterocycles. The molecule has 1 saturated heterocycles. The van der Waals surface area contributed by atoms with Crippen molar-refractivity contribution in [2.75, 3.05) is 29.9 Å². The van der Waals surface area contributed by atoms with Crippen LogP contribution in [0.25, 0.3) is 10.2 Å². The quantitative estimate of drug-likeness (QED) is 0.563. The van der Waals surface area contributed by atoms with Crippen molar-refractivity contribution in [3.8, 4) is 0 Å². The summed E-state index contributed by atoms with van der Waals surface area (Å²) in [6.45, 7) is 1.15. The Morgan fingerprint density at radius 1 is 1.16 bits per heavy atom. The number of carbonyl (C=O) groups excluding carboxylic acids is 3. The van der Waals surface area contributed by atoms with E-state index in [9.17, 15) is 14.4 Å². The molecule has 0 radical (unpaired) electrons. The van der Waals surface area contributed by atoms with Crippen LogP contribution in [0.5, 0.6) is 0 Å². The van der Waals surface area contributed by atoms with Crippen molar-refractivity contribution < 1.29 is 14.4 Å². The lowest BCUT2D eigenvalue weighted by molar-refractivity contribution is -0.134. The first-order valence-corrected chi connectivity index (χ1v) is 12.3. The highest BCUT2D eigenvalue weighted by Gasteiger charge is 2.41. The molecule has 0 unspecified atom stereocenters. The lowest BCUT2D eigenvalue weighted by Gasteiger charge is -2.34. The van der Waals surface area contributed by atoms with E-state index in [1.54, 1.807) is 29.2 Å². The summed E-state index contributed by atoms with van der Waals surface area (Å²) < 4.78 is 0.861. The maximum Gasteiger partial charge on any atom is 0.250 e. The Labute approximate surface area is 197 Å². The number of benzene rings is 2. The minimum atomic E-state index is -0.875. The van der Waals surface area contributed by atoms with Crippen LogP contribution in [0.3, 0.4) is 0 Å². The average Bonchev–Trinajstić information content (AvgIpc) is 3.44. The minimum Gasteiger partial charge on any atom is -0.341 e. The molecule has 3 amide bonds. The van der Waals surface area contributed by atoms with Crippen LogP contribution < -0.4 is 10.2 Å². The van der Waals surface area contributed by atoms with E-state index in [-0.39, 0.29) is 24.3 Å². The molecule has 0 spiro atoms. The predicted octanol–water partition coefficient (Wildman–Crippen LogP) is 4.02. The molecule has 164 valence electrons. The van der Waals surface area contributed by atoms with Crippen LogP contribution in [0.4, 0.5) is 10.8 Å². The molecular weight excluding hydrogens is 468 g/mol. The van der Waals surface area contributed by atoms with E-state index in [0.29, 0.717) is 28.9 Å². The van der Waals surface area contributed by atoms with E-state index in [0.717, 1.165) is 28.0 Å². The number of para-hydroxylation sites is 1. The van der Waals surface area contributed by atoms with E-state index >= 15 is 0 Å². The number of hydrogen-bond acceptors (Lipinski definition) is 6. The molecule has 1 atom stereocenters. The van der Waals surface area contributed by atoms with Crippen LogP contribution >= 0.6 is 34.7 Å². The Balaban J connectivity index is 1.37. The van der Waals surface area contributed by atoms with Crippen molar-refractivity contribution in [1.29, 1.82) is 0 Å². The Kier molecular flexibility index (Phi) is 5.79. The first-order valence-electron chi connectivity index (χ1n) is 10.2. The SMILES string of the molecule is O=C(CN1C(=O)[C@@H](C(=O)N2CCCC2)Sc2ccccc21)Nc1nc2ccc(Cl)cc2s1. The van der Waals surface area contributed by atoms with E-state index < -0.39 is 5.25 Å². The molecule has 2 aliphatic rings. The summed E-state index contributed by atoms with van der Waals surface area (Å²) in [5, 5.41) is 2.94. The second-order valence-corrected chi connectivity index (χ2v) is 10.2. The maximum atomic E-state index is 13.3. The number of thiazole rings is 1. The van der Waals surface area contributed by atoms with Gasteiger partial charge in [0.05, 0.1) is 15.9 Å². The highest BCUT2D eigenvalue weighted by Crippen LogP contribution is 2.40. The Bertz CT molecular complexity index is 1220. The van der Waals surface area contributed by atoms with Gasteiger partial charge in [-0.05, 0) is 43.2 Å². The number of amides is 3. The number of nitrogens with one attached hydrogen (secondary N) is 1. The summed E-state index contributed by atoms with van der Waals surface area (Å²) in [5.41, 5.74) is 1.38. The molecule has 2 aromatic carbocycles. The van der Waals surface area contributed by atoms with Crippen LogP contribution in [0.2, 0.25) is 5.02 Å². The van der Waals surface area contributed by atoms with Crippen LogP contribution in [0, 0.1) is 0 Å². The normalized spacial score (nSPS) is 18.2. The van der Waals surface area contributed by atoms with Crippen molar-refractivity contribution in [2.24, 2.45) is 0 Å². The van der Waals surface area contributed by atoms with Crippen molar-refractivity contribution in [3.63, 3.8) is 0 Å². The van der Waals surface area contributed by atoms with Gasteiger partial charge in [0, 0.05) is 23.0 Å². The largest absolute Gasteiger partial charge is 0.341 e. The number of hydrogen-bond donors (Lipinski definition) is 1. The fourth-order valence-corrected chi connectivity index (χ4v) is 6.24. The molecule has 3 aromatic rings. The van der Waals surface area contributed by atoms with Gasteiger partial charge >= 0.3 is 0 Å². The zero-order chi connectivity index (χ0) is 22.2. The summed E-state index contributed by atoms with van der Waals surface area (Å²) in [4.78, 5) is 47.5. The molecule has 1 fully saturated rings. The third-order valence-electron chi connectivity index (χ3n) is 5.43. The summed E-state index contributed by atoms with van der Waals surface area (Å²) in [5.74, 6) is -0.921. The van der Waals surface area contributed by atoms with Crippen molar-refractivity contribution >= 4 is 73.5 Å². The fraction of sp³-hybridized carbons (Fsp3) is 0.273. The lowest BCUT2D eigenvalue weighted by atomic mass is 10.2. The second-order valence-electron chi connectivity index (χ2n) is 7.60. The third-order valence-corrected chi connectivity index (χ3v) is 7.84. The van der Waals surface area contributed by atoms with Crippen LogP contribution in [-0.4, -0.2) is 52.5 Å². The molecule has 32 heavy (non-hydrogen) atoms. The van der Waals surface area contributed by atoms with Gasteiger partial charge in [0.2, 0.25) is 11.8 Å². The number of fused-ring (bicyclic) bond motifs is 2. The number of rotatable bonds is 4. The van der Waals surface area contributed by atoms with Crippen molar-refractivity contribution in [3.05, 3.63) is 47.5 Å². The van der Waals surface area contributed by atoms with Gasteiger partial charge in [0.25, 0.3) is 5.91 Å². The number of nitrogens with zero attached hydrogens (tertiary/aromatic N) is 3. The van der Waals surface area contributed by atoms with Gasteiger partial charge in [-0.15, -0.1) is 11.8 Å². The molecule has 5 rings (SSSR count). The number of aromatic nitrogens is 1. The summed E-state index contributed by atoms with van der Waals surface area (Å²) >= 11 is 8.60. The van der Waals surface area contributed by atoms with Crippen LogP contribution in [0.1, 0.15) is 12.8 Å². The van der Waals surface area contributed by atoms with Gasteiger partial charge < -0.3 is 15.1 Å². The monoisotopic (exact) mass is 486 g/mol. The first-order chi connectivity index (χ1) is 15.5. The number of likely N-dealkylation sites (tertiary alicyclic amines) is 1. The summed E-state index contributed by atoms with van der Waals surface area (Å²) in [6, 6.07) is 12.7. The lowest BCUT2D eigenvalue weighted by Crippen LogP contribution is -2.51. The van der Waals surface area contributed by atoms with Gasteiger partial charge in [-0.2, -0.15) is 0 Å². The van der Waals surface area contributed by atoms with E-state index in [4.69, 9.17) is 11.6 Å². The van der Waals surface area contributed by atoms with Crippen molar-refractivity contribution in [2.45, 2.75) is 23.0 Å². The van der Waals surface area contributed by atoms with Crippen LogP contribution in [0.15, 0.2) is 47.4 Å². The summed E-state index contributed by atoms with van der Waals surface area (Å²) in [6.07, 6.45) is 1.90. The Morgan fingerprint density at radius 3 is 2.75 bits per heavy atom. The highest BCUT2D eigenvalue weighted by molar-refractivity contribution is 8.01. The third kappa shape index (κ3) is 4.07. The number of anilines is 2. The average molecular weight is 487 g/mol. The summed E-state index contributed by atoms with van der Waals surface area (Å²) in [7, 11) is 0. The van der Waals surface area contributed by atoms with E-state index in [1.165, 1.54) is 28.0 Å². The fourth-order valence-electron chi connectivity index (χ4n) is 3.89. The van der Waals surface area contributed by atoms with Gasteiger partial charge in [-0.25, -0.2) is 4.98 Å². The van der Waals surface area contributed by atoms with E-state index in [1.807, 2.05) is 18.2 Å². The molecule has 0 bridgehead atoms. The minimum absolute atomic E-state index is 0.180. The molecule has 1 N–H and O–H groups in total. The van der Waals surface area contributed by atoms with Crippen LogP contribution in [-0.2, 0) is 14.4 Å². The number of carbonyl (C=O) groups is 3.